The Morgan fingerprint density at radius 2 is 2.35 bits per heavy atom. The summed E-state index contributed by atoms with van der Waals surface area (Å²) in [5, 5.41) is 8.95. The van der Waals surface area contributed by atoms with Gasteiger partial charge in [-0.3, -0.25) is 9.69 Å². The van der Waals surface area contributed by atoms with E-state index in [0.717, 1.165) is 37.5 Å². The van der Waals surface area contributed by atoms with Gasteiger partial charge in [-0.1, -0.05) is 0 Å². The Morgan fingerprint density at radius 1 is 1.55 bits per heavy atom. The van der Waals surface area contributed by atoms with Crippen LogP contribution in [0.2, 0.25) is 0 Å². The highest BCUT2D eigenvalue weighted by Crippen LogP contribution is 2.19. The molecule has 2 rings (SSSR count). The van der Waals surface area contributed by atoms with Crippen molar-refractivity contribution in [3.8, 4) is 0 Å². The third-order valence-electron chi connectivity index (χ3n) is 3.88. The number of aliphatic hydroxyl groups excluding tert-OH is 1. The molecule has 1 aliphatic rings. The molecule has 0 saturated carbocycles. The molecule has 5 heteroatoms. The minimum atomic E-state index is 0.115. The van der Waals surface area contributed by atoms with Gasteiger partial charge in [-0.05, 0) is 44.4 Å². The molecule has 1 saturated heterocycles. The molecule has 1 aromatic heterocycles. The highest BCUT2D eigenvalue weighted by atomic mass is 16.3. The zero-order valence-electron chi connectivity index (χ0n) is 12.3. The molecule has 0 spiro atoms. The summed E-state index contributed by atoms with van der Waals surface area (Å²) in [7, 11) is 1.81. The molecule has 5 nitrogen and oxygen atoms in total. The maximum absolute atomic E-state index is 12.2. The number of likely N-dealkylation sites (tertiary alicyclic amines) is 1. The molecule has 1 atom stereocenters. The van der Waals surface area contributed by atoms with Crippen LogP contribution in [0.15, 0.2) is 16.5 Å². The van der Waals surface area contributed by atoms with Crippen LogP contribution < -0.4 is 0 Å². The van der Waals surface area contributed by atoms with E-state index in [4.69, 9.17) is 9.52 Å². The first-order valence-electron chi connectivity index (χ1n) is 7.21. The van der Waals surface area contributed by atoms with Gasteiger partial charge >= 0.3 is 0 Å². The fourth-order valence-electron chi connectivity index (χ4n) is 2.68. The third-order valence-corrected chi connectivity index (χ3v) is 3.88. The number of nitrogens with zero attached hydrogens (tertiary/aromatic N) is 2. The maximum Gasteiger partial charge on any atom is 0.236 e. The van der Waals surface area contributed by atoms with Gasteiger partial charge in [0.05, 0.1) is 13.1 Å². The van der Waals surface area contributed by atoms with Crippen molar-refractivity contribution in [3.63, 3.8) is 0 Å². The lowest BCUT2D eigenvalue weighted by atomic mass is 10.1. The van der Waals surface area contributed by atoms with Crippen LogP contribution in [0.3, 0.4) is 0 Å². The topological polar surface area (TPSA) is 56.9 Å². The standard InChI is InChI=1S/C15H24N2O3/c1-12-3-4-14(20-12)10-16(2)15(19)11-17-7-5-13(9-17)6-8-18/h3-4,13,18H,5-11H2,1-2H3. The Balaban J connectivity index is 1.77. The zero-order chi connectivity index (χ0) is 14.5. The van der Waals surface area contributed by atoms with Crippen molar-refractivity contribution in [2.45, 2.75) is 26.3 Å². The summed E-state index contributed by atoms with van der Waals surface area (Å²) in [6.45, 7) is 4.98. The summed E-state index contributed by atoms with van der Waals surface area (Å²) in [5.74, 6) is 2.33. The number of hydrogen-bond acceptors (Lipinski definition) is 4. The van der Waals surface area contributed by atoms with E-state index in [0.29, 0.717) is 19.0 Å². The number of aryl methyl sites for hydroxylation is 1. The average Bonchev–Trinajstić information content (AvgIpc) is 2.99. The van der Waals surface area contributed by atoms with Crippen LogP contribution in [0.5, 0.6) is 0 Å². The number of furan rings is 1. The van der Waals surface area contributed by atoms with E-state index >= 15 is 0 Å². The Morgan fingerprint density at radius 3 is 3.00 bits per heavy atom. The Labute approximate surface area is 120 Å². The average molecular weight is 280 g/mol. The van der Waals surface area contributed by atoms with E-state index in [1.54, 1.807) is 4.90 Å². The summed E-state index contributed by atoms with van der Waals surface area (Å²) < 4.78 is 5.49. The van der Waals surface area contributed by atoms with Gasteiger partial charge in [0.2, 0.25) is 5.91 Å². The van der Waals surface area contributed by atoms with Gasteiger partial charge in [-0.25, -0.2) is 0 Å². The molecular weight excluding hydrogens is 256 g/mol. The lowest BCUT2D eigenvalue weighted by Gasteiger charge is -2.21. The molecule has 20 heavy (non-hydrogen) atoms. The van der Waals surface area contributed by atoms with Gasteiger partial charge in [0, 0.05) is 20.2 Å². The van der Waals surface area contributed by atoms with Gasteiger partial charge in [0.1, 0.15) is 11.5 Å². The lowest BCUT2D eigenvalue weighted by Crippen LogP contribution is -2.37. The number of hydrogen-bond donors (Lipinski definition) is 1. The van der Waals surface area contributed by atoms with Gasteiger partial charge in [-0.2, -0.15) is 0 Å². The Bertz CT molecular complexity index is 444. The van der Waals surface area contributed by atoms with Crippen LogP contribution in [0.25, 0.3) is 0 Å². The van der Waals surface area contributed by atoms with E-state index in [1.807, 2.05) is 26.1 Å². The SMILES string of the molecule is Cc1ccc(CN(C)C(=O)CN2CCC(CCO)C2)o1. The third kappa shape index (κ3) is 4.08. The van der Waals surface area contributed by atoms with Crippen LogP contribution in [0.1, 0.15) is 24.4 Å². The van der Waals surface area contributed by atoms with Crippen molar-refractivity contribution in [1.82, 2.24) is 9.80 Å². The normalized spacial score (nSPS) is 19.4. The van der Waals surface area contributed by atoms with Crippen molar-refractivity contribution in [3.05, 3.63) is 23.7 Å². The molecular formula is C15H24N2O3. The molecule has 1 aliphatic heterocycles. The second kappa shape index (κ2) is 6.90. The number of amides is 1. The number of carbonyl (C=O) groups excluding carboxylic acids is 1. The molecule has 1 amide bonds. The molecule has 112 valence electrons. The molecule has 1 unspecified atom stereocenters. The quantitative estimate of drug-likeness (QED) is 0.852. The van der Waals surface area contributed by atoms with E-state index in [9.17, 15) is 4.79 Å². The second-order valence-electron chi connectivity index (χ2n) is 5.66. The minimum absolute atomic E-state index is 0.115. The zero-order valence-corrected chi connectivity index (χ0v) is 12.3. The molecule has 1 N–H and O–H groups in total. The van der Waals surface area contributed by atoms with Crippen molar-refractivity contribution in [1.29, 1.82) is 0 Å². The first-order valence-corrected chi connectivity index (χ1v) is 7.21. The smallest absolute Gasteiger partial charge is 0.236 e. The highest BCUT2D eigenvalue weighted by Gasteiger charge is 2.24. The molecule has 1 fully saturated rings. The van der Waals surface area contributed by atoms with E-state index in [2.05, 4.69) is 4.90 Å². The van der Waals surface area contributed by atoms with Gasteiger partial charge in [0.15, 0.2) is 0 Å². The largest absolute Gasteiger partial charge is 0.464 e. The molecule has 0 aromatic carbocycles. The minimum Gasteiger partial charge on any atom is -0.464 e. The number of rotatable bonds is 6. The van der Waals surface area contributed by atoms with Crippen LogP contribution >= 0.6 is 0 Å². The Hall–Kier alpha value is -1.33. The monoisotopic (exact) mass is 280 g/mol. The van der Waals surface area contributed by atoms with Crippen LogP contribution in [0, 0.1) is 12.8 Å². The maximum atomic E-state index is 12.2. The summed E-state index contributed by atoms with van der Waals surface area (Å²) >= 11 is 0. The molecule has 0 radical (unpaired) electrons. The molecule has 0 bridgehead atoms. The first-order chi connectivity index (χ1) is 9.58. The molecule has 1 aromatic rings. The van der Waals surface area contributed by atoms with Crippen LogP contribution in [-0.2, 0) is 11.3 Å². The van der Waals surface area contributed by atoms with Crippen molar-refractivity contribution >= 4 is 5.91 Å². The van der Waals surface area contributed by atoms with Crippen molar-refractivity contribution in [2.75, 3.05) is 33.3 Å². The number of carbonyl (C=O) groups is 1. The highest BCUT2D eigenvalue weighted by molar-refractivity contribution is 5.77. The second-order valence-corrected chi connectivity index (χ2v) is 5.66. The van der Waals surface area contributed by atoms with Crippen LogP contribution in [0.4, 0.5) is 0 Å². The fourth-order valence-corrected chi connectivity index (χ4v) is 2.68. The van der Waals surface area contributed by atoms with Gasteiger partial charge in [-0.15, -0.1) is 0 Å². The lowest BCUT2D eigenvalue weighted by molar-refractivity contribution is -0.131. The fraction of sp³-hybridized carbons (Fsp3) is 0.667. The number of aliphatic hydroxyl groups is 1. The molecule has 0 aliphatic carbocycles. The van der Waals surface area contributed by atoms with E-state index < -0.39 is 0 Å². The van der Waals surface area contributed by atoms with Crippen LogP contribution in [-0.4, -0.2) is 54.1 Å². The summed E-state index contributed by atoms with van der Waals surface area (Å²) in [6, 6.07) is 3.82. The summed E-state index contributed by atoms with van der Waals surface area (Å²) in [4.78, 5) is 16.0. The van der Waals surface area contributed by atoms with Crippen molar-refractivity contribution < 1.29 is 14.3 Å². The van der Waals surface area contributed by atoms with E-state index in [1.165, 1.54) is 0 Å². The first kappa shape index (κ1) is 15.1. The predicted octanol–water partition coefficient (Wildman–Crippen LogP) is 1.25. The van der Waals surface area contributed by atoms with Gasteiger partial charge < -0.3 is 14.4 Å². The number of likely N-dealkylation sites (N-methyl/N-ethyl adjacent to an activating group) is 1. The Kier molecular flexibility index (Phi) is 5.20. The van der Waals surface area contributed by atoms with Crippen molar-refractivity contribution in [2.24, 2.45) is 5.92 Å². The summed E-state index contributed by atoms with van der Waals surface area (Å²) in [6.07, 6.45) is 1.92. The van der Waals surface area contributed by atoms with E-state index in [-0.39, 0.29) is 12.5 Å². The van der Waals surface area contributed by atoms with Gasteiger partial charge in [0.25, 0.3) is 0 Å². The molecule has 2 heterocycles. The predicted molar refractivity (Wildman–Crippen MR) is 76.2 cm³/mol. The summed E-state index contributed by atoms with van der Waals surface area (Å²) in [5.41, 5.74) is 0.